The van der Waals surface area contributed by atoms with Crippen molar-refractivity contribution in [2.75, 3.05) is 37.8 Å². The van der Waals surface area contributed by atoms with Gasteiger partial charge >= 0.3 is 5.97 Å². The normalized spacial score (nSPS) is 14.5. The number of esters is 1. The van der Waals surface area contributed by atoms with Gasteiger partial charge in [0.15, 0.2) is 5.78 Å². The van der Waals surface area contributed by atoms with Gasteiger partial charge in [-0.25, -0.2) is 4.79 Å². The first kappa shape index (κ1) is 16.7. The van der Waals surface area contributed by atoms with Crippen LogP contribution < -0.4 is 4.90 Å². The monoisotopic (exact) mass is 345 g/mol. The summed E-state index contributed by atoms with van der Waals surface area (Å²) in [5.41, 5.74) is 2.07. The molecule has 0 radical (unpaired) electrons. The second-order valence-electron chi connectivity index (χ2n) is 5.57. The molecule has 2 heterocycles. The molecule has 0 aliphatic carbocycles. The van der Waals surface area contributed by atoms with Crippen LogP contribution in [0.2, 0.25) is 0 Å². The van der Waals surface area contributed by atoms with Crippen molar-refractivity contribution < 1.29 is 19.1 Å². The molecule has 1 fully saturated rings. The van der Waals surface area contributed by atoms with Crippen LogP contribution >= 0.6 is 11.3 Å². The first-order valence-corrected chi connectivity index (χ1v) is 8.65. The van der Waals surface area contributed by atoms with E-state index in [0.717, 1.165) is 29.2 Å². The molecule has 0 unspecified atom stereocenters. The highest BCUT2D eigenvalue weighted by molar-refractivity contribution is 7.18. The van der Waals surface area contributed by atoms with Crippen LogP contribution in [-0.2, 0) is 14.3 Å². The largest absolute Gasteiger partial charge is 0.454 e. The quantitative estimate of drug-likeness (QED) is 0.780. The summed E-state index contributed by atoms with van der Waals surface area (Å²) < 4.78 is 10.5. The van der Waals surface area contributed by atoms with E-state index in [4.69, 9.17) is 9.47 Å². The van der Waals surface area contributed by atoms with Gasteiger partial charge in [0.2, 0.25) is 0 Å². The van der Waals surface area contributed by atoms with Crippen molar-refractivity contribution in [2.45, 2.75) is 6.92 Å². The van der Waals surface area contributed by atoms with Crippen LogP contribution in [0.4, 0.5) is 5.00 Å². The van der Waals surface area contributed by atoms with E-state index in [0.29, 0.717) is 18.1 Å². The topological polar surface area (TPSA) is 55.8 Å². The summed E-state index contributed by atoms with van der Waals surface area (Å²) in [7, 11) is 0. The van der Waals surface area contributed by atoms with E-state index in [9.17, 15) is 9.59 Å². The van der Waals surface area contributed by atoms with Crippen LogP contribution in [0.5, 0.6) is 0 Å². The van der Waals surface area contributed by atoms with Gasteiger partial charge in [-0.05, 0) is 18.6 Å². The molecule has 24 heavy (non-hydrogen) atoms. The molecule has 0 saturated carbocycles. The van der Waals surface area contributed by atoms with E-state index in [1.165, 1.54) is 18.3 Å². The number of hydrogen-bond donors (Lipinski definition) is 0. The number of benzene rings is 1. The number of hydrogen-bond acceptors (Lipinski definition) is 6. The van der Waals surface area contributed by atoms with Gasteiger partial charge in [0.1, 0.15) is 11.5 Å². The minimum atomic E-state index is -0.452. The van der Waals surface area contributed by atoms with Crippen LogP contribution in [0.15, 0.2) is 36.4 Å². The Kier molecular flexibility index (Phi) is 5.27. The molecular formula is C18H19NO4S. The fourth-order valence-corrected chi connectivity index (χ4v) is 3.67. The molecule has 126 valence electrons. The van der Waals surface area contributed by atoms with Crippen molar-refractivity contribution in [2.24, 2.45) is 0 Å². The van der Waals surface area contributed by atoms with Gasteiger partial charge in [-0.2, -0.15) is 0 Å². The lowest BCUT2D eigenvalue weighted by atomic mass is 10.1. The minimum Gasteiger partial charge on any atom is -0.454 e. The zero-order valence-corrected chi connectivity index (χ0v) is 14.3. The van der Waals surface area contributed by atoms with Crippen LogP contribution in [0.1, 0.15) is 16.6 Å². The Morgan fingerprint density at radius 3 is 2.58 bits per heavy atom. The standard InChI is InChI=1S/C18H19NO4S/c1-13(20)12-23-18(21)16-11-15(14-5-3-2-4-6-14)17(24-16)19-7-9-22-10-8-19/h2-6,11H,7-10,12H2,1H3. The average molecular weight is 345 g/mol. The molecule has 1 aromatic heterocycles. The van der Waals surface area contributed by atoms with E-state index in [1.807, 2.05) is 36.4 Å². The maximum Gasteiger partial charge on any atom is 0.348 e. The maximum absolute atomic E-state index is 12.2. The van der Waals surface area contributed by atoms with E-state index >= 15 is 0 Å². The lowest BCUT2D eigenvalue weighted by Gasteiger charge is -2.28. The molecule has 1 saturated heterocycles. The Bertz CT molecular complexity index is 720. The summed E-state index contributed by atoms with van der Waals surface area (Å²) in [6.07, 6.45) is 0. The average Bonchev–Trinajstić information content (AvgIpc) is 3.06. The lowest BCUT2D eigenvalue weighted by molar-refractivity contribution is -0.120. The Morgan fingerprint density at radius 2 is 1.92 bits per heavy atom. The molecule has 6 heteroatoms. The van der Waals surface area contributed by atoms with E-state index in [2.05, 4.69) is 4.90 Å². The van der Waals surface area contributed by atoms with E-state index < -0.39 is 5.97 Å². The summed E-state index contributed by atoms with van der Waals surface area (Å²) in [6.45, 7) is 4.15. The predicted molar refractivity (Wildman–Crippen MR) is 93.8 cm³/mol. The summed E-state index contributed by atoms with van der Waals surface area (Å²) >= 11 is 1.41. The molecule has 5 nitrogen and oxygen atoms in total. The number of nitrogens with zero attached hydrogens (tertiary/aromatic N) is 1. The number of rotatable bonds is 5. The third kappa shape index (κ3) is 3.83. The molecule has 1 aromatic carbocycles. The summed E-state index contributed by atoms with van der Waals surface area (Å²) in [6, 6.07) is 11.8. The van der Waals surface area contributed by atoms with Gasteiger partial charge in [-0.3, -0.25) is 4.79 Å². The number of Topliss-reactive ketones (excluding diaryl/α,β-unsaturated/α-hetero) is 1. The SMILES string of the molecule is CC(=O)COC(=O)c1cc(-c2ccccc2)c(N2CCOCC2)s1. The van der Waals surface area contributed by atoms with Crippen molar-refractivity contribution in [3.8, 4) is 11.1 Å². The van der Waals surface area contributed by atoms with Crippen LogP contribution in [0, 0.1) is 0 Å². The zero-order valence-electron chi connectivity index (χ0n) is 13.5. The summed E-state index contributed by atoms with van der Waals surface area (Å²) in [5.74, 6) is -0.622. The summed E-state index contributed by atoms with van der Waals surface area (Å²) in [5, 5.41) is 1.04. The highest BCUT2D eigenvalue weighted by Crippen LogP contribution is 2.39. The predicted octanol–water partition coefficient (Wildman–Crippen LogP) is 3.00. The Labute approximate surface area is 144 Å². The molecule has 0 N–H and O–H groups in total. The van der Waals surface area contributed by atoms with Crippen molar-refractivity contribution in [1.29, 1.82) is 0 Å². The van der Waals surface area contributed by atoms with Crippen molar-refractivity contribution >= 4 is 28.1 Å². The fraction of sp³-hybridized carbons (Fsp3) is 0.333. The molecule has 0 spiro atoms. The molecule has 1 aliphatic rings. The Hall–Kier alpha value is -2.18. The molecule has 3 rings (SSSR count). The second kappa shape index (κ2) is 7.59. The van der Waals surface area contributed by atoms with Gasteiger partial charge in [-0.1, -0.05) is 30.3 Å². The first-order chi connectivity index (χ1) is 11.6. The van der Waals surface area contributed by atoms with Gasteiger partial charge < -0.3 is 14.4 Å². The molecule has 2 aromatic rings. The van der Waals surface area contributed by atoms with Gasteiger partial charge in [-0.15, -0.1) is 11.3 Å². The molecule has 0 atom stereocenters. The number of thiophene rings is 1. The van der Waals surface area contributed by atoms with Crippen LogP contribution in [0.3, 0.4) is 0 Å². The summed E-state index contributed by atoms with van der Waals surface area (Å²) in [4.78, 5) is 26.0. The van der Waals surface area contributed by atoms with Gasteiger partial charge in [0.25, 0.3) is 0 Å². The third-order valence-corrected chi connectivity index (χ3v) is 4.88. The lowest BCUT2D eigenvalue weighted by Crippen LogP contribution is -2.35. The van der Waals surface area contributed by atoms with Crippen LogP contribution in [-0.4, -0.2) is 44.7 Å². The van der Waals surface area contributed by atoms with E-state index in [-0.39, 0.29) is 12.4 Å². The first-order valence-electron chi connectivity index (χ1n) is 7.83. The van der Waals surface area contributed by atoms with Crippen molar-refractivity contribution in [1.82, 2.24) is 0 Å². The highest BCUT2D eigenvalue weighted by atomic mass is 32.1. The number of carbonyl (C=O) groups excluding carboxylic acids is 2. The van der Waals surface area contributed by atoms with Gasteiger partial charge in [0, 0.05) is 18.7 Å². The molecular weight excluding hydrogens is 326 g/mol. The number of ether oxygens (including phenoxy) is 2. The minimum absolute atomic E-state index is 0.170. The zero-order chi connectivity index (χ0) is 16.9. The third-order valence-electron chi connectivity index (χ3n) is 3.70. The smallest absolute Gasteiger partial charge is 0.348 e. The highest BCUT2D eigenvalue weighted by Gasteiger charge is 2.22. The van der Waals surface area contributed by atoms with Crippen molar-refractivity contribution in [3.05, 3.63) is 41.3 Å². The molecule has 0 amide bonds. The van der Waals surface area contributed by atoms with Crippen LogP contribution in [0.25, 0.3) is 11.1 Å². The Balaban J connectivity index is 1.93. The number of morpholine rings is 1. The maximum atomic E-state index is 12.2. The molecule has 1 aliphatic heterocycles. The number of ketones is 1. The second-order valence-corrected chi connectivity index (χ2v) is 6.60. The van der Waals surface area contributed by atoms with E-state index in [1.54, 1.807) is 0 Å². The van der Waals surface area contributed by atoms with Crippen molar-refractivity contribution in [3.63, 3.8) is 0 Å². The molecule has 0 bridgehead atoms. The van der Waals surface area contributed by atoms with Gasteiger partial charge in [0.05, 0.1) is 18.2 Å². The number of carbonyl (C=O) groups is 2. The fourth-order valence-electron chi connectivity index (χ4n) is 2.55. The number of anilines is 1. The Morgan fingerprint density at radius 1 is 1.21 bits per heavy atom.